The Bertz CT molecular complexity index is 663. The summed E-state index contributed by atoms with van der Waals surface area (Å²) in [4.78, 5) is 11.4. The summed E-state index contributed by atoms with van der Waals surface area (Å²) < 4.78 is 37.5. The quantitative estimate of drug-likeness (QED) is 0.902. The molecule has 22 heavy (non-hydrogen) atoms. The van der Waals surface area contributed by atoms with Crippen molar-refractivity contribution in [2.45, 2.75) is 18.5 Å². The van der Waals surface area contributed by atoms with Crippen LogP contribution in [0.15, 0.2) is 48.5 Å². The van der Waals surface area contributed by atoms with Gasteiger partial charge in [-0.1, -0.05) is 24.3 Å². The minimum atomic E-state index is -4.42. The van der Waals surface area contributed by atoms with E-state index in [1.165, 1.54) is 30.3 Å². The van der Waals surface area contributed by atoms with Gasteiger partial charge in [0.25, 0.3) is 0 Å². The van der Waals surface area contributed by atoms with E-state index in [2.05, 4.69) is 0 Å². The van der Waals surface area contributed by atoms with Crippen molar-refractivity contribution < 1.29 is 28.2 Å². The molecule has 2 N–H and O–H groups in total. The maximum atomic E-state index is 12.5. The van der Waals surface area contributed by atoms with Crippen molar-refractivity contribution in [3.8, 4) is 5.75 Å². The zero-order valence-electron chi connectivity index (χ0n) is 11.3. The molecule has 0 aliphatic heterocycles. The van der Waals surface area contributed by atoms with E-state index in [1.807, 2.05) is 0 Å². The molecule has 1 atom stereocenters. The number of phenolic OH excluding ortho intramolecular Hbond substituents is 1. The van der Waals surface area contributed by atoms with Crippen molar-refractivity contribution in [1.29, 1.82) is 0 Å². The fraction of sp³-hybridized carbons (Fsp3) is 0.188. The molecule has 0 fully saturated rings. The van der Waals surface area contributed by atoms with Crippen molar-refractivity contribution in [2.75, 3.05) is 0 Å². The average Bonchev–Trinajstić information content (AvgIpc) is 2.44. The van der Waals surface area contributed by atoms with Gasteiger partial charge >= 0.3 is 12.1 Å². The predicted octanol–water partition coefficient (Wildman–Crippen LogP) is 3.82. The Morgan fingerprint density at radius 2 is 1.73 bits per heavy atom. The van der Waals surface area contributed by atoms with Gasteiger partial charge in [-0.15, -0.1) is 0 Å². The van der Waals surface area contributed by atoms with Crippen LogP contribution in [0.4, 0.5) is 13.2 Å². The first-order valence-corrected chi connectivity index (χ1v) is 6.45. The fourth-order valence-electron chi connectivity index (χ4n) is 2.15. The molecule has 0 radical (unpaired) electrons. The van der Waals surface area contributed by atoms with Gasteiger partial charge in [0.2, 0.25) is 0 Å². The van der Waals surface area contributed by atoms with Crippen molar-refractivity contribution in [3.63, 3.8) is 0 Å². The average molecular weight is 310 g/mol. The number of hydrogen-bond donors (Lipinski definition) is 2. The number of halogens is 3. The SMILES string of the molecule is O=C(O)C(Cc1ccc(C(F)(F)F)cc1)c1cccc(O)c1. The third-order valence-corrected chi connectivity index (χ3v) is 3.29. The van der Waals surface area contributed by atoms with Gasteiger partial charge in [0, 0.05) is 0 Å². The van der Waals surface area contributed by atoms with Crippen LogP contribution in [0.1, 0.15) is 22.6 Å². The van der Waals surface area contributed by atoms with Crippen LogP contribution in [-0.4, -0.2) is 16.2 Å². The van der Waals surface area contributed by atoms with Crippen LogP contribution < -0.4 is 0 Å². The molecule has 1 unspecified atom stereocenters. The molecular weight excluding hydrogens is 297 g/mol. The predicted molar refractivity (Wildman–Crippen MR) is 73.6 cm³/mol. The van der Waals surface area contributed by atoms with E-state index in [0.717, 1.165) is 12.1 Å². The number of hydrogen-bond acceptors (Lipinski definition) is 2. The number of aromatic hydroxyl groups is 1. The number of carboxylic acid groups (broad SMARTS) is 1. The number of benzene rings is 2. The number of carbonyl (C=O) groups is 1. The maximum Gasteiger partial charge on any atom is 0.416 e. The normalized spacial score (nSPS) is 12.9. The van der Waals surface area contributed by atoms with Crippen LogP contribution in [0.25, 0.3) is 0 Å². The highest BCUT2D eigenvalue weighted by Gasteiger charge is 2.30. The first kappa shape index (κ1) is 15.9. The second kappa shape index (κ2) is 6.09. The van der Waals surface area contributed by atoms with E-state index < -0.39 is 23.6 Å². The van der Waals surface area contributed by atoms with E-state index in [-0.39, 0.29) is 12.2 Å². The van der Waals surface area contributed by atoms with E-state index >= 15 is 0 Å². The summed E-state index contributed by atoms with van der Waals surface area (Å²) in [5.74, 6) is -2.11. The molecule has 2 aromatic rings. The standard InChI is InChI=1S/C16H13F3O3/c17-16(18,19)12-6-4-10(5-7-12)8-14(15(21)22)11-2-1-3-13(20)9-11/h1-7,9,14,20H,8H2,(H,21,22). The molecule has 0 saturated carbocycles. The number of rotatable bonds is 4. The number of phenols is 1. The Labute approximate surface area is 124 Å². The molecule has 0 heterocycles. The Kier molecular flexibility index (Phi) is 4.40. The summed E-state index contributed by atoms with van der Waals surface area (Å²) in [6.07, 6.45) is -4.38. The first-order valence-electron chi connectivity index (χ1n) is 6.45. The smallest absolute Gasteiger partial charge is 0.416 e. The lowest BCUT2D eigenvalue weighted by molar-refractivity contribution is -0.139. The fourth-order valence-corrected chi connectivity index (χ4v) is 2.15. The highest BCUT2D eigenvalue weighted by molar-refractivity contribution is 5.76. The van der Waals surface area contributed by atoms with Gasteiger partial charge in [0.1, 0.15) is 5.75 Å². The molecule has 0 bridgehead atoms. The minimum Gasteiger partial charge on any atom is -0.508 e. The summed E-state index contributed by atoms with van der Waals surface area (Å²) in [6, 6.07) is 10.2. The Balaban J connectivity index is 2.24. The third kappa shape index (κ3) is 3.78. The molecule has 2 rings (SSSR count). The van der Waals surface area contributed by atoms with Crippen LogP contribution in [0.5, 0.6) is 5.75 Å². The van der Waals surface area contributed by atoms with Crippen LogP contribution in [0, 0.1) is 0 Å². The highest BCUT2D eigenvalue weighted by atomic mass is 19.4. The Hall–Kier alpha value is -2.50. The van der Waals surface area contributed by atoms with Crippen molar-refractivity contribution in [3.05, 3.63) is 65.2 Å². The van der Waals surface area contributed by atoms with Crippen molar-refractivity contribution >= 4 is 5.97 Å². The lowest BCUT2D eigenvalue weighted by Gasteiger charge is -2.14. The van der Waals surface area contributed by atoms with Crippen LogP contribution in [0.3, 0.4) is 0 Å². The summed E-state index contributed by atoms with van der Waals surface area (Å²) >= 11 is 0. The first-order chi connectivity index (χ1) is 10.3. The van der Waals surface area contributed by atoms with Gasteiger partial charge in [-0.3, -0.25) is 4.79 Å². The molecule has 0 amide bonds. The molecule has 0 aliphatic carbocycles. The van der Waals surface area contributed by atoms with E-state index in [1.54, 1.807) is 6.07 Å². The van der Waals surface area contributed by atoms with Gasteiger partial charge in [0.15, 0.2) is 0 Å². The third-order valence-electron chi connectivity index (χ3n) is 3.29. The highest BCUT2D eigenvalue weighted by Crippen LogP contribution is 2.30. The second-order valence-corrected chi connectivity index (χ2v) is 4.88. The molecule has 116 valence electrons. The zero-order chi connectivity index (χ0) is 16.3. The molecule has 6 heteroatoms. The molecule has 3 nitrogen and oxygen atoms in total. The van der Waals surface area contributed by atoms with Crippen molar-refractivity contribution in [1.82, 2.24) is 0 Å². The zero-order valence-corrected chi connectivity index (χ0v) is 11.3. The summed E-state index contributed by atoms with van der Waals surface area (Å²) in [5, 5.41) is 18.7. The molecule has 2 aromatic carbocycles. The molecule has 0 aliphatic rings. The van der Waals surface area contributed by atoms with E-state index in [9.17, 15) is 28.2 Å². The summed E-state index contributed by atoms with van der Waals surface area (Å²) in [7, 11) is 0. The Morgan fingerprint density at radius 1 is 1.09 bits per heavy atom. The molecule has 0 spiro atoms. The largest absolute Gasteiger partial charge is 0.508 e. The van der Waals surface area contributed by atoms with E-state index in [0.29, 0.717) is 11.1 Å². The lowest BCUT2D eigenvalue weighted by atomic mass is 9.91. The summed E-state index contributed by atoms with van der Waals surface area (Å²) in [5.41, 5.74) is 0.0941. The van der Waals surface area contributed by atoms with Crippen LogP contribution in [-0.2, 0) is 17.4 Å². The van der Waals surface area contributed by atoms with Gasteiger partial charge in [0.05, 0.1) is 11.5 Å². The topological polar surface area (TPSA) is 57.5 Å². The van der Waals surface area contributed by atoms with Gasteiger partial charge in [-0.2, -0.15) is 13.2 Å². The van der Waals surface area contributed by atoms with Crippen LogP contribution in [0.2, 0.25) is 0 Å². The van der Waals surface area contributed by atoms with Crippen molar-refractivity contribution in [2.24, 2.45) is 0 Å². The van der Waals surface area contributed by atoms with Gasteiger partial charge < -0.3 is 10.2 Å². The number of alkyl halides is 3. The number of carboxylic acids is 1. The Morgan fingerprint density at radius 3 is 2.23 bits per heavy atom. The number of aliphatic carboxylic acids is 1. The van der Waals surface area contributed by atoms with Crippen LogP contribution >= 0.6 is 0 Å². The minimum absolute atomic E-state index is 0.0386. The molecular formula is C16H13F3O3. The van der Waals surface area contributed by atoms with Gasteiger partial charge in [-0.25, -0.2) is 0 Å². The monoisotopic (exact) mass is 310 g/mol. The lowest BCUT2D eigenvalue weighted by Crippen LogP contribution is -2.14. The molecule has 0 saturated heterocycles. The summed E-state index contributed by atoms with van der Waals surface area (Å²) in [6.45, 7) is 0. The van der Waals surface area contributed by atoms with Gasteiger partial charge in [-0.05, 0) is 41.8 Å². The molecule has 0 aromatic heterocycles. The second-order valence-electron chi connectivity index (χ2n) is 4.88. The maximum absolute atomic E-state index is 12.5. The van der Waals surface area contributed by atoms with E-state index in [4.69, 9.17) is 0 Å².